The van der Waals surface area contributed by atoms with Gasteiger partial charge in [-0.3, -0.25) is 19.7 Å². The molecule has 148 valence electrons. The van der Waals surface area contributed by atoms with Gasteiger partial charge in [-0.2, -0.15) is 0 Å². The number of non-ortho nitro benzene ring substituents is 1. The Bertz CT molecular complexity index is 868. The highest BCUT2D eigenvalue weighted by Crippen LogP contribution is 2.23. The van der Waals surface area contributed by atoms with Crippen LogP contribution in [0.15, 0.2) is 48.5 Å². The maximum Gasteiger partial charge on any atom is 0.269 e. The molecule has 8 nitrogen and oxygen atoms in total. The second kappa shape index (κ2) is 9.50. The molecule has 0 fully saturated rings. The third-order valence-electron chi connectivity index (χ3n) is 4.37. The van der Waals surface area contributed by atoms with Gasteiger partial charge in [0.05, 0.1) is 29.7 Å². The van der Waals surface area contributed by atoms with Gasteiger partial charge in [-0.15, -0.1) is 0 Å². The van der Waals surface area contributed by atoms with Crippen LogP contribution in [0.25, 0.3) is 0 Å². The lowest BCUT2D eigenvalue weighted by Gasteiger charge is -2.25. The number of amides is 2. The van der Waals surface area contributed by atoms with E-state index in [1.165, 1.54) is 17.0 Å². The lowest BCUT2D eigenvalue weighted by atomic mass is 10.1. The highest BCUT2D eigenvalue weighted by molar-refractivity contribution is 5.98. The van der Waals surface area contributed by atoms with Gasteiger partial charge in [0.25, 0.3) is 11.6 Å². The van der Waals surface area contributed by atoms with Crippen LogP contribution in [0.1, 0.15) is 35.8 Å². The molecule has 2 aromatic carbocycles. The summed E-state index contributed by atoms with van der Waals surface area (Å²) in [7, 11) is 1.59. The Hall–Kier alpha value is -3.42. The molecule has 1 atom stereocenters. The topological polar surface area (TPSA) is 102 Å². The molecule has 0 aliphatic carbocycles. The summed E-state index contributed by atoms with van der Waals surface area (Å²) in [6.07, 6.45) is 0. The van der Waals surface area contributed by atoms with Gasteiger partial charge in [-0.25, -0.2) is 0 Å². The van der Waals surface area contributed by atoms with E-state index in [4.69, 9.17) is 4.74 Å². The van der Waals surface area contributed by atoms with Crippen molar-refractivity contribution in [3.05, 3.63) is 69.8 Å². The van der Waals surface area contributed by atoms with Crippen LogP contribution in [0.5, 0.6) is 5.75 Å². The van der Waals surface area contributed by atoms with Gasteiger partial charge >= 0.3 is 0 Å². The minimum absolute atomic E-state index is 0.0361. The van der Waals surface area contributed by atoms with Crippen molar-refractivity contribution in [2.45, 2.75) is 19.9 Å². The first kappa shape index (κ1) is 20.9. The van der Waals surface area contributed by atoms with Gasteiger partial charge in [0, 0.05) is 19.2 Å². The summed E-state index contributed by atoms with van der Waals surface area (Å²) >= 11 is 0. The molecule has 0 aliphatic heterocycles. The minimum Gasteiger partial charge on any atom is -0.493 e. The van der Waals surface area contributed by atoms with Crippen molar-refractivity contribution >= 4 is 17.5 Å². The number of benzene rings is 2. The van der Waals surface area contributed by atoms with Crippen LogP contribution in [0.4, 0.5) is 5.69 Å². The first-order valence-corrected chi connectivity index (χ1v) is 8.85. The van der Waals surface area contributed by atoms with Crippen molar-refractivity contribution in [2.24, 2.45) is 0 Å². The number of likely N-dealkylation sites (N-methyl/N-ethyl adjacent to an activating group) is 1. The standard InChI is InChI=1S/C20H23N3O5/c1-4-28-18-11-6-5-10-17(18)20(25)21-13-19(24)22(3)14(2)15-8-7-9-16(12-15)23(26)27/h5-12,14H,4,13H2,1-3H3,(H,21,25)/t14-/m1/s1. The maximum atomic E-state index is 12.5. The Morgan fingerprint density at radius 1 is 1.21 bits per heavy atom. The van der Waals surface area contributed by atoms with Gasteiger partial charge in [0.1, 0.15) is 5.75 Å². The number of nitrogens with zero attached hydrogens (tertiary/aromatic N) is 2. The van der Waals surface area contributed by atoms with Gasteiger partial charge in [-0.05, 0) is 31.5 Å². The number of carbonyl (C=O) groups is 2. The number of nitro groups is 1. The Balaban J connectivity index is 2.01. The molecule has 0 heterocycles. The monoisotopic (exact) mass is 385 g/mol. The summed E-state index contributed by atoms with van der Waals surface area (Å²) < 4.78 is 5.43. The molecule has 0 saturated heterocycles. The van der Waals surface area contributed by atoms with Crippen LogP contribution in [0.3, 0.4) is 0 Å². The molecule has 2 amide bonds. The number of hydrogen-bond donors (Lipinski definition) is 1. The van der Waals surface area contributed by atoms with E-state index in [-0.39, 0.29) is 24.2 Å². The number of carbonyl (C=O) groups excluding carboxylic acids is 2. The Labute approximate surface area is 163 Å². The van der Waals surface area contributed by atoms with Crippen molar-refractivity contribution in [2.75, 3.05) is 20.2 Å². The summed E-state index contributed by atoms with van der Waals surface area (Å²) in [4.78, 5) is 36.8. The molecule has 0 saturated carbocycles. The maximum absolute atomic E-state index is 12.5. The van der Waals surface area contributed by atoms with Crippen LogP contribution in [-0.4, -0.2) is 41.8 Å². The van der Waals surface area contributed by atoms with Crippen LogP contribution >= 0.6 is 0 Å². The summed E-state index contributed by atoms with van der Waals surface area (Å²) in [6.45, 7) is 3.81. The molecule has 2 aromatic rings. The van der Waals surface area contributed by atoms with E-state index in [1.807, 2.05) is 6.92 Å². The number of para-hydroxylation sites is 1. The van der Waals surface area contributed by atoms with Gasteiger partial charge in [0.15, 0.2) is 0 Å². The predicted octanol–water partition coefficient (Wildman–Crippen LogP) is 2.94. The lowest BCUT2D eigenvalue weighted by molar-refractivity contribution is -0.384. The molecule has 0 spiro atoms. The second-order valence-electron chi connectivity index (χ2n) is 6.14. The van der Waals surface area contributed by atoms with E-state index in [2.05, 4.69) is 5.32 Å². The van der Waals surface area contributed by atoms with E-state index >= 15 is 0 Å². The smallest absolute Gasteiger partial charge is 0.269 e. The largest absolute Gasteiger partial charge is 0.493 e. The number of hydrogen-bond acceptors (Lipinski definition) is 5. The third kappa shape index (κ3) is 5.06. The molecular weight excluding hydrogens is 362 g/mol. The van der Waals surface area contributed by atoms with Crippen LogP contribution in [0, 0.1) is 10.1 Å². The summed E-state index contributed by atoms with van der Waals surface area (Å²) in [6, 6.07) is 12.5. The third-order valence-corrected chi connectivity index (χ3v) is 4.37. The van der Waals surface area contributed by atoms with Crippen molar-refractivity contribution in [3.8, 4) is 5.75 Å². The fraction of sp³-hybridized carbons (Fsp3) is 0.300. The Kier molecular flexibility index (Phi) is 7.08. The SMILES string of the molecule is CCOc1ccccc1C(=O)NCC(=O)N(C)[C@H](C)c1cccc([N+](=O)[O-])c1. The molecule has 0 unspecified atom stereocenters. The second-order valence-corrected chi connectivity index (χ2v) is 6.14. The van der Waals surface area contributed by atoms with Crippen molar-refractivity contribution in [1.82, 2.24) is 10.2 Å². The zero-order valence-electron chi connectivity index (χ0n) is 16.0. The minimum atomic E-state index is -0.478. The van der Waals surface area contributed by atoms with E-state index in [9.17, 15) is 19.7 Å². The average Bonchev–Trinajstić information content (AvgIpc) is 2.71. The Morgan fingerprint density at radius 2 is 1.93 bits per heavy atom. The van der Waals surface area contributed by atoms with Crippen LogP contribution < -0.4 is 10.1 Å². The van der Waals surface area contributed by atoms with Crippen molar-refractivity contribution in [3.63, 3.8) is 0 Å². The highest BCUT2D eigenvalue weighted by Gasteiger charge is 2.20. The molecule has 0 aliphatic rings. The predicted molar refractivity (Wildman–Crippen MR) is 104 cm³/mol. The first-order chi connectivity index (χ1) is 13.3. The van der Waals surface area contributed by atoms with E-state index < -0.39 is 10.8 Å². The summed E-state index contributed by atoms with van der Waals surface area (Å²) in [5, 5.41) is 13.5. The first-order valence-electron chi connectivity index (χ1n) is 8.85. The number of nitrogens with one attached hydrogen (secondary N) is 1. The molecule has 0 aromatic heterocycles. The highest BCUT2D eigenvalue weighted by atomic mass is 16.6. The summed E-state index contributed by atoms with van der Waals surface area (Å²) in [5.41, 5.74) is 0.954. The van der Waals surface area contributed by atoms with Crippen LogP contribution in [0.2, 0.25) is 0 Å². The molecular formula is C20H23N3O5. The average molecular weight is 385 g/mol. The van der Waals surface area contributed by atoms with Crippen molar-refractivity contribution in [1.29, 1.82) is 0 Å². The van der Waals surface area contributed by atoms with Gasteiger partial charge in [-0.1, -0.05) is 24.3 Å². The normalized spacial score (nSPS) is 11.4. The Morgan fingerprint density at radius 3 is 2.61 bits per heavy atom. The molecule has 0 bridgehead atoms. The number of ether oxygens (including phenoxy) is 1. The van der Waals surface area contributed by atoms with E-state index in [0.29, 0.717) is 23.5 Å². The van der Waals surface area contributed by atoms with Gasteiger partial charge in [0.2, 0.25) is 5.91 Å². The van der Waals surface area contributed by atoms with E-state index in [0.717, 1.165) is 0 Å². The molecule has 1 N–H and O–H groups in total. The van der Waals surface area contributed by atoms with E-state index in [1.54, 1.807) is 50.4 Å². The fourth-order valence-electron chi connectivity index (χ4n) is 2.65. The molecule has 0 radical (unpaired) electrons. The van der Waals surface area contributed by atoms with Crippen molar-refractivity contribution < 1.29 is 19.2 Å². The zero-order valence-corrected chi connectivity index (χ0v) is 16.0. The molecule has 8 heteroatoms. The zero-order chi connectivity index (χ0) is 20.7. The lowest BCUT2D eigenvalue weighted by Crippen LogP contribution is -2.39. The fourth-order valence-corrected chi connectivity index (χ4v) is 2.65. The number of nitro benzene ring substituents is 1. The summed E-state index contributed by atoms with van der Waals surface area (Å²) in [5.74, 6) is -0.275. The molecule has 28 heavy (non-hydrogen) atoms. The van der Waals surface area contributed by atoms with Gasteiger partial charge < -0.3 is 15.0 Å². The number of rotatable bonds is 8. The quantitative estimate of drug-likeness (QED) is 0.556. The molecule has 2 rings (SSSR count). The van der Waals surface area contributed by atoms with Crippen LogP contribution in [-0.2, 0) is 4.79 Å².